The maximum atomic E-state index is 13.3. The standard InChI is InChI=1S/C15H12FNO4/c16-12-5-11(15(20)21)6-13(7-12)17-8-9-1-3-10(4-2-9)14(18)19/h1-7,17H,8H2,(H,18,19)(H,20,21). The number of aromatic carboxylic acids is 2. The van der Waals surface area contributed by atoms with Crippen LogP contribution < -0.4 is 5.32 Å². The van der Waals surface area contributed by atoms with Crippen molar-refractivity contribution >= 4 is 17.6 Å². The van der Waals surface area contributed by atoms with Crippen LogP contribution in [0.5, 0.6) is 0 Å². The van der Waals surface area contributed by atoms with Gasteiger partial charge in [-0.15, -0.1) is 0 Å². The van der Waals surface area contributed by atoms with E-state index in [1.54, 1.807) is 12.1 Å². The highest BCUT2D eigenvalue weighted by molar-refractivity contribution is 5.89. The molecule has 2 aromatic rings. The number of hydrogen-bond acceptors (Lipinski definition) is 3. The number of anilines is 1. The van der Waals surface area contributed by atoms with Crippen molar-refractivity contribution in [2.75, 3.05) is 5.32 Å². The monoisotopic (exact) mass is 289 g/mol. The highest BCUT2D eigenvalue weighted by Crippen LogP contribution is 2.15. The van der Waals surface area contributed by atoms with E-state index >= 15 is 0 Å². The van der Waals surface area contributed by atoms with E-state index in [0.717, 1.165) is 11.6 Å². The van der Waals surface area contributed by atoms with E-state index in [9.17, 15) is 14.0 Å². The van der Waals surface area contributed by atoms with Crippen LogP contribution in [0.25, 0.3) is 0 Å². The minimum Gasteiger partial charge on any atom is -0.478 e. The zero-order valence-corrected chi connectivity index (χ0v) is 10.8. The van der Waals surface area contributed by atoms with Crippen molar-refractivity contribution in [1.29, 1.82) is 0 Å². The third-order valence-corrected chi connectivity index (χ3v) is 2.84. The van der Waals surface area contributed by atoms with Crippen LogP contribution in [0.2, 0.25) is 0 Å². The molecule has 0 fully saturated rings. The summed E-state index contributed by atoms with van der Waals surface area (Å²) in [5.41, 5.74) is 1.17. The molecule has 0 spiro atoms. The van der Waals surface area contributed by atoms with Gasteiger partial charge in [0.25, 0.3) is 0 Å². The number of nitrogens with one attached hydrogen (secondary N) is 1. The van der Waals surface area contributed by atoms with Crippen LogP contribution in [-0.2, 0) is 6.54 Å². The van der Waals surface area contributed by atoms with Crippen molar-refractivity contribution in [3.63, 3.8) is 0 Å². The normalized spacial score (nSPS) is 10.1. The van der Waals surface area contributed by atoms with Gasteiger partial charge in [-0.3, -0.25) is 0 Å². The van der Waals surface area contributed by atoms with Crippen LogP contribution >= 0.6 is 0 Å². The van der Waals surface area contributed by atoms with E-state index in [1.165, 1.54) is 24.3 Å². The molecule has 3 N–H and O–H groups in total. The maximum Gasteiger partial charge on any atom is 0.335 e. The first-order valence-electron chi connectivity index (χ1n) is 6.05. The minimum absolute atomic E-state index is 0.140. The second-order valence-corrected chi connectivity index (χ2v) is 4.39. The largest absolute Gasteiger partial charge is 0.478 e. The quantitative estimate of drug-likeness (QED) is 0.788. The molecule has 0 amide bonds. The van der Waals surface area contributed by atoms with Gasteiger partial charge in [0.05, 0.1) is 11.1 Å². The molecular weight excluding hydrogens is 277 g/mol. The van der Waals surface area contributed by atoms with Crippen LogP contribution in [0.15, 0.2) is 42.5 Å². The van der Waals surface area contributed by atoms with Gasteiger partial charge in [-0.25, -0.2) is 14.0 Å². The first kappa shape index (κ1) is 14.5. The van der Waals surface area contributed by atoms with Gasteiger partial charge in [-0.2, -0.15) is 0 Å². The number of rotatable bonds is 5. The third-order valence-electron chi connectivity index (χ3n) is 2.84. The highest BCUT2D eigenvalue weighted by atomic mass is 19.1. The molecule has 0 bridgehead atoms. The smallest absolute Gasteiger partial charge is 0.335 e. The number of hydrogen-bond donors (Lipinski definition) is 3. The summed E-state index contributed by atoms with van der Waals surface area (Å²) in [5.74, 6) is -2.85. The lowest BCUT2D eigenvalue weighted by Crippen LogP contribution is -2.04. The van der Waals surface area contributed by atoms with Crippen molar-refractivity contribution < 1.29 is 24.2 Å². The minimum atomic E-state index is -1.21. The van der Waals surface area contributed by atoms with Gasteiger partial charge < -0.3 is 15.5 Å². The van der Waals surface area contributed by atoms with E-state index in [0.29, 0.717) is 12.2 Å². The van der Waals surface area contributed by atoms with Crippen LogP contribution in [0.4, 0.5) is 10.1 Å². The summed E-state index contributed by atoms with van der Waals surface area (Å²) in [5, 5.41) is 20.5. The molecule has 5 nitrogen and oxygen atoms in total. The van der Waals surface area contributed by atoms with Crippen LogP contribution in [0, 0.1) is 5.82 Å². The van der Waals surface area contributed by atoms with Crippen molar-refractivity contribution in [1.82, 2.24) is 0 Å². The fourth-order valence-corrected chi connectivity index (χ4v) is 1.78. The first-order valence-corrected chi connectivity index (χ1v) is 6.05. The Bertz CT molecular complexity index is 683. The summed E-state index contributed by atoms with van der Waals surface area (Å²) in [4.78, 5) is 21.5. The molecule has 0 aromatic heterocycles. The van der Waals surface area contributed by atoms with Gasteiger partial charge in [0.2, 0.25) is 0 Å². The summed E-state index contributed by atoms with van der Waals surface area (Å²) >= 11 is 0. The Hall–Kier alpha value is -2.89. The zero-order chi connectivity index (χ0) is 15.4. The number of halogens is 1. The Morgan fingerprint density at radius 3 is 2.14 bits per heavy atom. The fraction of sp³-hybridized carbons (Fsp3) is 0.0667. The number of carboxylic acid groups (broad SMARTS) is 2. The molecule has 0 atom stereocenters. The van der Waals surface area contributed by atoms with Gasteiger partial charge in [0.15, 0.2) is 0 Å². The summed E-state index contributed by atoms with van der Waals surface area (Å²) in [7, 11) is 0. The summed E-state index contributed by atoms with van der Waals surface area (Å²) in [6.45, 7) is 0.322. The molecule has 0 aliphatic carbocycles. The van der Waals surface area contributed by atoms with E-state index in [4.69, 9.17) is 10.2 Å². The zero-order valence-electron chi connectivity index (χ0n) is 10.8. The second-order valence-electron chi connectivity index (χ2n) is 4.39. The highest BCUT2D eigenvalue weighted by Gasteiger charge is 2.07. The Labute approximate surface area is 119 Å². The predicted octanol–water partition coefficient (Wildman–Crippen LogP) is 2.83. The molecule has 0 saturated carbocycles. The average Bonchev–Trinajstić information content (AvgIpc) is 2.45. The molecule has 0 radical (unpaired) electrons. The summed E-state index contributed by atoms with van der Waals surface area (Å²) in [6.07, 6.45) is 0. The molecule has 0 saturated heterocycles. The Morgan fingerprint density at radius 2 is 1.57 bits per heavy atom. The molecule has 0 aliphatic heterocycles. The lowest BCUT2D eigenvalue weighted by molar-refractivity contribution is 0.0686. The average molecular weight is 289 g/mol. The van der Waals surface area contributed by atoms with E-state index in [1.807, 2.05) is 0 Å². The second kappa shape index (κ2) is 6.04. The van der Waals surface area contributed by atoms with Crippen LogP contribution in [0.1, 0.15) is 26.3 Å². The summed E-state index contributed by atoms with van der Waals surface area (Å²) in [6, 6.07) is 9.66. The Kier molecular flexibility index (Phi) is 4.18. The van der Waals surface area contributed by atoms with Crippen molar-refractivity contribution in [2.45, 2.75) is 6.54 Å². The first-order chi connectivity index (χ1) is 9.95. The lowest BCUT2D eigenvalue weighted by Gasteiger charge is -2.08. The van der Waals surface area contributed by atoms with E-state index in [2.05, 4.69) is 5.32 Å². The SMILES string of the molecule is O=C(O)c1ccc(CNc2cc(F)cc(C(=O)O)c2)cc1. The van der Waals surface area contributed by atoms with Crippen LogP contribution in [-0.4, -0.2) is 22.2 Å². The predicted molar refractivity (Wildman–Crippen MR) is 74.1 cm³/mol. The van der Waals surface area contributed by atoms with Crippen molar-refractivity contribution in [3.05, 3.63) is 65.0 Å². The molecule has 0 unspecified atom stereocenters. The Morgan fingerprint density at radius 1 is 0.952 bits per heavy atom. The molecular formula is C15H12FNO4. The molecule has 2 aromatic carbocycles. The third kappa shape index (κ3) is 3.79. The Balaban J connectivity index is 2.09. The number of carboxylic acids is 2. The molecule has 2 rings (SSSR count). The van der Waals surface area contributed by atoms with Gasteiger partial charge in [0.1, 0.15) is 5.82 Å². The maximum absolute atomic E-state index is 13.3. The van der Waals surface area contributed by atoms with Gasteiger partial charge in [-0.05, 0) is 35.9 Å². The summed E-state index contributed by atoms with van der Waals surface area (Å²) < 4.78 is 13.3. The molecule has 6 heteroatoms. The van der Waals surface area contributed by atoms with Crippen molar-refractivity contribution in [2.24, 2.45) is 0 Å². The topological polar surface area (TPSA) is 86.6 Å². The van der Waals surface area contributed by atoms with E-state index < -0.39 is 17.8 Å². The number of carbonyl (C=O) groups is 2. The lowest BCUT2D eigenvalue weighted by atomic mass is 10.1. The molecule has 0 aliphatic rings. The number of benzene rings is 2. The fourth-order valence-electron chi connectivity index (χ4n) is 1.78. The molecule has 21 heavy (non-hydrogen) atoms. The molecule has 108 valence electrons. The van der Waals surface area contributed by atoms with E-state index in [-0.39, 0.29) is 11.1 Å². The van der Waals surface area contributed by atoms with Crippen molar-refractivity contribution in [3.8, 4) is 0 Å². The molecule has 0 heterocycles. The van der Waals surface area contributed by atoms with Gasteiger partial charge >= 0.3 is 11.9 Å². The van der Waals surface area contributed by atoms with Gasteiger partial charge in [0, 0.05) is 12.2 Å². The van der Waals surface area contributed by atoms with Crippen LogP contribution in [0.3, 0.4) is 0 Å². The van der Waals surface area contributed by atoms with Gasteiger partial charge in [-0.1, -0.05) is 12.1 Å².